The summed E-state index contributed by atoms with van der Waals surface area (Å²) in [5, 5.41) is 2.92. The van der Waals surface area contributed by atoms with E-state index in [1.807, 2.05) is 43.3 Å². The number of hydrogen-bond donors (Lipinski definition) is 1. The molecule has 0 saturated carbocycles. The van der Waals surface area contributed by atoms with Gasteiger partial charge in [0, 0.05) is 11.0 Å². The lowest BCUT2D eigenvalue weighted by molar-refractivity contribution is 0.0949. The molecule has 0 aliphatic rings. The summed E-state index contributed by atoms with van der Waals surface area (Å²) in [4.78, 5) is 12.2. The highest BCUT2D eigenvalue weighted by Crippen LogP contribution is 2.22. The second-order valence-corrected chi connectivity index (χ2v) is 5.31. The molecule has 0 bridgehead atoms. The molecule has 2 rings (SSSR count). The molecule has 2 aromatic rings. The minimum atomic E-state index is -0.126. The summed E-state index contributed by atoms with van der Waals surface area (Å²) in [6, 6.07) is 13.3. The number of aryl methyl sites for hydroxylation is 1. The number of benzene rings is 2. The molecule has 0 saturated heterocycles. The highest BCUT2D eigenvalue weighted by molar-refractivity contribution is 9.10. The molecule has 20 heavy (non-hydrogen) atoms. The molecule has 2 aromatic carbocycles. The van der Waals surface area contributed by atoms with E-state index >= 15 is 0 Å². The van der Waals surface area contributed by atoms with Crippen LogP contribution in [0.15, 0.2) is 46.9 Å². The van der Waals surface area contributed by atoms with Gasteiger partial charge in [-0.15, -0.1) is 0 Å². The standard InChI is InChI=1S/C16H16BrNO2/c1-11-5-3-4-6-12(11)10-18-16(19)14-9-13(20-2)7-8-15(14)17/h3-9H,10H2,1-2H3,(H,18,19). The third-order valence-corrected chi connectivity index (χ3v) is 3.81. The summed E-state index contributed by atoms with van der Waals surface area (Å²) in [5.41, 5.74) is 2.84. The number of halogens is 1. The van der Waals surface area contributed by atoms with Crippen molar-refractivity contribution in [2.45, 2.75) is 13.5 Å². The van der Waals surface area contributed by atoms with E-state index < -0.39 is 0 Å². The van der Waals surface area contributed by atoms with Crippen LogP contribution in [-0.2, 0) is 6.54 Å². The average Bonchev–Trinajstić information content (AvgIpc) is 2.46. The number of ether oxygens (including phenoxy) is 1. The SMILES string of the molecule is COc1ccc(Br)c(C(=O)NCc2ccccc2C)c1. The Morgan fingerprint density at radius 3 is 2.70 bits per heavy atom. The predicted molar refractivity (Wildman–Crippen MR) is 83.0 cm³/mol. The highest BCUT2D eigenvalue weighted by Gasteiger charge is 2.11. The van der Waals surface area contributed by atoms with E-state index in [0.717, 1.165) is 15.6 Å². The highest BCUT2D eigenvalue weighted by atomic mass is 79.9. The monoisotopic (exact) mass is 333 g/mol. The van der Waals surface area contributed by atoms with Crippen LogP contribution in [0.3, 0.4) is 0 Å². The first-order valence-electron chi connectivity index (χ1n) is 6.28. The van der Waals surface area contributed by atoms with Gasteiger partial charge in [-0.3, -0.25) is 4.79 Å². The minimum absolute atomic E-state index is 0.126. The molecule has 0 fully saturated rings. The largest absolute Gasteiger partial charge is 0.497 e. The maximum Gasteiger partial charge on any atom is 0.252 e. The van der Waals surface area contributed by atoms with Gasteiger partial charge in [0.05, 0.1) is 12.7 Å². The fourth-order valence-electron chi connectivity index (χ4n) is 1.88. The summed E-state index contributed by atoms with van der Waals surface area (Å²) in [6.45, 7) is 2.54. The van der Waals surface area contributed by atoms with Crippen LogP contribution in [0.25, 0.3) is 0 Å². The molecule has 0 unspecified atom stereocenters. The Morgan fingerprint density at radius 2 is 2.00 bits per heavy atom. The number of rotatable bonds is 4. The van der Waals surface area contributed by atoms with Gasteiger partial charge in [-0.05, 0) is 52.2 Å². The van der Waals surface area contributed by atoms with Crippen molar-refractivity contribution in [3.05, 3.63) is 63.6 Å². The van der Waals surface area contributed by atoms with Crippen molar-refractivity contribution in [3.63, 3.8) is 0 Å². The molecule has 4 heteroatoms. The van der Waals surface area contributed by atoms with Crippen LogP contribution in [0.5, 0.6) is 5.75 Å². The maximum atomic E-state index is 12.2. The van der Waals surface area contributed by atoms with E-state index in [9.17, 15) is 4.79 Å². The van der Waals surface area contributed by atoms with E-state index in [-0.39, 0.29) is 5.91 Å². The molecule has 3 nitrogen and oxygen atoms in total. The number of amides is 1. The van der Waals surface area contributed by atoms with Gasteiger partial charge in [0.2, 0.25) is 0 Å². The molecular weight excluding hydrogens is 318 g/mol. The lowest BCUT2D eigenvalue weighted by Crippen LogP contribution is -2.23. The van der Waals surface area contributed by atoms with E-state index in [4.69, 9.17) is 4.74 Å². The molecule has 0 aromatic heterocycles. The van der Waals surface area contributed by atoms with Crippen molar-refractivity contribution in [1.29, 1.82) is 0 Å². The van der Waals surface area contributed by atoms with Gasteiger partial charge in [-0.25, -0.2) is 0 Å². The first-order chi connectivity index (χ1) is 9.61. The van der Waals surface area contributed by atoms with Crippen molar-refractivity contribution in [3.8, 4) is 5.75 Å². The Labute approximate surface area is 127 Å². The second kappa shape index (κ2) is 6.57. The summed E-state index contributed by atoms with van der Waals surface area (Å²) < 4.78 is 5.89. The second-order valence-electron chi connectivity index (χ2n) is 4.45. The maximum absolute atomic E-state index is 12.2. The van der Waals surface area contributed by atoms with Crippen LogP contribution < -0.4 is 10.1 Å². The number of carbonyl (C=O) groups excluding carboxylic acids is 1. The molecule has 0 radical (unpaired) electrons. The van der Waals surface area contributed by atoms with Crippen LogP contribution in [0.4, 0.5) is 0 Å². The van der Waals surface area contributed by atoms with Crippen LogP contribution in [-0.4, -0.2) is 13.0 Å². The Bertz CT molecular complexity index is 626. The van der Waals surface area contributed by atoms with E-state index in [1.165, 1.54) is 0 Å². The lowest BCUT2D eigenvalue weighted by Gasteiger charge is -2.10. The first-order valence-corrected chi connectivity index (χ1v) is 7.07. The topological polar surface area (TPSA) is 38.3 Å². The third kappa shape index (κ3) is 3.39. The number of hydrogen-bond acceptors (Lipinski definition) is 2. The van der Waals surface area contributed by atoms with Crippen molar-refractivity contribution >= 4 is 21.8 Å². The number of methoxy groups -OCH3 is 1. The van der Waals surface area contributed by atoms with Crippen molar-refractivity contribution in [1.82, 2.24) is 5.32 Å². The van der Waals surface area contributed by atoms with Gasteiger partial charge in [-0.2, -0.15) is 0 Å². The Hall–Kier alpha value is -1.81. The van der Waals surface area contributed by atoms with Gasteiger partial charge in [0.1, 0.15) is 5.75 Å². The smallest absolute Gasteiger partial charge is 0.252 e. The minimum Gasteiger partial charge on any atom is -0.497 e. The third-order valence-electron chi connectivity index (χ3n) is 3.12. The normalized spacial score (nSPS) is 10.2. The summed E-state index contributed by atoms with van der Waals surface area (Å²) in [6.07, 6.45) is 0. The Kier molecular flexibility index (Phi) is 4.79. The molecule has 0 heterocycles. The molecule has 0 aliphatic carbocycles. The van der Waals surface area contributed by atoms with E-state index in [1.54, 1.807) is 13.2 Å². The van der Waals surface area contributed by atoms with E-state index in [2.05, 4.69) is 21.2 Å². The van der Waals surface area contributed by atoms with Crippen LogP contribution in [0.2, 0.25) is 0 Å². The summed E-state index contributed by atoms with van der Waals surface area (Å²) >= 11 is 3.38. The average molecular weight is 334 g/mol. The molecule has 1 N–H and O–H groups in total. The van der Waals surface area contributed by atoms with Crippen LogP contribution in [0, 0.1) is 6.92 Å². The lowest BCUT2D eigenvalue weighted by atomic mass is 10.1. The van der Waals surface area contributed by atoms with Crippen LogP contribution in [0.1, 0.15) is 21.5 Å². The van der Waals surface area contributed by atoms with Gasteiger partial charge >= 0.3 is 0 Å². The van der Waals surface area contributed by atoms with Gasteiger partial charge in [0.15, 0.2) is 0 Å². The zero-order valence-electron chi connectivity index (χ0n) is 11.4. The van der Waals surface area contributed by atoms with Crippen LogP contribution >= 0.6 is 15.9 Å². The zero-order valence-corrected chi connectivity index (χ0v) is 13.0. The quantitative estimate of drug-likeness (QED) is 0.926. The fraction of sp³-hybridized carbons (Fsp3) is 0.188. The molecular formula is C16H16BrNO2. The molecule has 0 atom stereocenters. The Morgan fingerprint density at radius 1 is 1.25 bits per heavy atom. The summed E-state index contributed by atoms with van der Waals surface area (Å²) in [5.74, 6) is 0.535. The zero-order chi connectivity index (χ0) is 14.5. The number of carbonyl (C=O) groups is 1. The fourth-order valence-corrected chi connectivity index (χ4v) is 2.31. The van der Waals surface area contributed by atoms with E-state index in [0.29, 0.717) is 17.9 Å². The molecule has 0 spiro atoms. The van der Waals surface area contributed by atoms with Crippen molar-refractivity contribution in [2.75, 3.05) is 7.11 Å². The predicted octanol–water partition coefficient (Wildman–Crippen LogP) is 3.70. The molecule has 1 amide bonds. The summed E-state index contributed by atoms with van der Waals surface area (Å²) in [7, 11) is 1.58. The Balaban J connectivity index is 2.11. The van der Waals surface area contributed by atoms with Crippen molar-refractivity contribution in [2.24, 2.45) is 0 Å². The first kappa shape index (κ1) is 14.6. The molecule has 104 valence electrons. The number of nitrogens with one attached hydrogen (secondary N) is 1. The van der Waals surface area contributed by atoms with Gasteiger partial charge in [-0.1, -0.05) is 24.3 Å². The molecule has 0 aliphatic heterocycles. The van der Waals surface area contributed by atoms with Crippen molar-refractivity contribution < 1.29 is 9.53 Å². The van der Waals surface area contributed by atoms with Gasteiger partial charge in [0.25, 0.3) is 5.91 Å². The van der Waals surface area contributed by atoms with Gasteiger partial charge < -0.3 is 10.1 Å².